The van der Waals surface area contributed by atoms with Crippen LogP contribution in [-0.2, 0) is 9.59 Å². The number of nitrogens with one attached hydrogen (secondary N) is 2. The average molecular weight is 199 g/mol. The SMILES string of the molecule is NCCNC(=O)C(=O)NCC1CCC1. The summed E-state index contributed by atoms with van der Waals surface area (Å²) in [5.74, 6) is -0.568. The molecule has 14 heavy (non-hydrogen) atoms. The molecule has 0 radical (unpaired) electrons. The highest BCUT2D eigenvalue weighted by Crippen LogP contribution is 2.24. The van der Waals surface area contributed by atoms with Gasteiger partial charge in [0.05, 0.1) is 0 Å². The molecule has 0 bridgehead atoms. The first-order valence-electron chi connectivity index (χ1n) is 5.00. The van der Waals surface area contributed by atoms with Gasteiger partial charge in [-0.05, 0) is 18.8 Å². The number of hydrogen-bond donors (Lipinski definition) is 3. The molecule has 0 spiro atoms. The molecule has 1 rings (SSSR count). The van der Waals surface area contributed by atoms with E-state index in [1.54, 1.807) is 0 Å². The van der Waals surface area contributed by atoms with Gasteiger partial charge in [-0.25, -0.2) is 0 Å². The lowest BCUT2D eigenvalue weighted by Crippen LogP contribution is -2.43. The van der Waals surface area contributed by atoms with Crippen molar-refractivity contribution in [2.24, 2.45) is 11.7 Å². The van der Waals surface area contributed by atoms with Crippen molar-refractivity contribution < 1.29 is 9.59 Å². The molecule has 0 heterocycles. The fourth-order valence-electron chi connectivity index (χ4n) is 1.28. The number of rotatable bonds is 4. The maximum atomic E-state index is 11.1. The van der Waals surface area contributed by atoms with E-state index in [-0.39, 0.29) is 0 Å². The Bertz CT molecular complexity index is 214. The molecule has 0 aliphatic heterocycles. The van der Waals surface area contributed by atoms with Crippen LogP contribution in [0.3, 0.4) is 0 Å². The molecule has 0 unspecified atom stereocenters. The van der Waals surface area contributed by atoms with E-state index in [9.17, 15) is 9.59 Å². The monoisotopic (exact) mass is 199 g/mol. The Morgan fingerprint density at radius 2 is 1.86 bits per heavy atom. The predicted octanol–water partition coefficient (Wildman–Crippen LogP) is -1.02. The van der Waals surface area contributed by atoms with Crippen LogP contribution in [0, 0.1) is 5.92 Å². The summed E-state index contributed by atoms with van der Waals surface area (Å²) in [5, 5.41) is 5.02. The normalized spacial score (nSPS) is 15.8. The quantitative estimate of drug-likeness (QED) is 0.507. The standard InChI is InChI=1S/C9H17N3O2/c10-4-5-11-8(13)9(14)12-6-7-2-1-3-7/h7H,1-6,10H2,(H,11,13)(H,12,14). The first-order valence-corrected chi connectivity index (χ1v) is 5.00. The third-order valence-corrected chi connectivity index (χ3v) is 2.41. The van der Waals surface area contributed by atoms with Gasteiger partial charge in [-0.15, -0.1) is 0 Å². The molecule has 80 valence electrons. The highest BCUT2D eigenvalue weighted by atomic mass is 16.2. The van der Waals surface area contributed by atoms with Gasteiger partial charge in [0.15, 0.2) is 0 Å². The van der Waals surface area contributed by atoms with Crippen LogP contribution in [0.5, 0.6) is 0 Å². The summed E-state index contributed by atoms with van der Waals surface area (Å²) in [6.07, 6.45) is 3.55. The molecular formula is C9H17N3O2. The lowest BCUT2D eigenvalue weighted by molar-refractivity contribution is -0.139. The van der Waals surface area contributed by atoms with Crippen LogP contribution in [0.2, 0.25) is 0 Å². The summed E-state index contributed by atoms with van der Waals surface area (Å²) in [5.41, 5.74) is 5.18. The molecule has 0 aromatic rings. The summed E-state index contributed by atoms with van der Waals surface area (Å²) >= 11 is 0. The first-order chi connectivity index (χ1) is 6.74. The van der Waals surface area contributed by atoms with Crippen LogP contribution in [0.25, 0.3) is 0 Å². The lowest BCUT2D eigenvalue weighted by atomic mass is 9.85. The Morgan fingerprint density at radius 3 is 2.36 bits per heavy atom. The average Bonchev–Trinajstić information content (AvgIpc) is 2.11. The Hall–Kier alpha value is -1.10. The largest absolute Gasteiger partial charge is 0.348 e. The molecule has 0 saturated heterocycles. The van der Waals surface area contributed by atoms with Crippen LogP contribution in [0.15, 0.2) is 0 Å². The fraction of sp³-hybridized carbons (Fsp3) is 0.778. The minimum Gasteiger partial charge on any atom is -0.348 e. The van der Waals surface area contributed by atoms with Gasteiger partial charge >= 0.3 is 11.8 Å². The van der Waals surface area contributed by atoms with E-state index >= 15 is 0 Å². The van der Waals surface area contributed by atoms with Crippen LogP contribution in [-0.4, -0.2) is 31.4 Å². The van der Waals surface area contributed by atoms with E-state index in [4.69, 9.17) is 5.73 Å². The lowest BCUT2D eigenvalue weighted by Gasteiger charge is -2.25. The summed E-state index contributed by atoms with van der Waals surface area (Å²) in [7, 11) is 0. The molecule has 5 nitrogen and oxygen atoms in total. The number of carbonyl (C=O) groups is 2. The zero-order valence-electron chi connectivity index (χ0n) is 8.21. The molecule has 1 aliphatic rings. The molecular weight excluding hydrogens is 182 g/mol. The minimum atomic E-state index is -0.588. The predicted molar refractivity (Wildman–Crippen MR) is 52.4 cm³/mol. The van der Waals surface area contributed by atoms with Crippen molar-refractivity contribution in [1.82, 2.24) is 10.6 Å². The van der Waals surface area contributed by atoms with Crippen molar-refractivity contribution in [3.8, 4) is 0 Å². The number of carbonyl (C=O) groups excluding carboxylic acids is 2. The fourth-order valence-corrected chi connectivity index (χ4v) is 1.28. The maximum absolute atomic E-state index is 11.1. The van der Waals surface area contributed by atoms with Gasteiger partial charge < -0.3 is 16.4 Å². The van der Waals surface area contributed by atoms with Gasteiger partial charge in [0.2, 0.25) is 0 Å². The topological polar surface area (TPSA) is 84.2 Å². The van der Waals surface area contributed by atoms with E-state index in [1.165, 1.54) is 6.42 Å². The molecule has 0 atom stereocenters. The van der Waals surface area contributed by atoms with E-state index in [0.29, 0.717) is 25.6 Å². The Labute approximate surface area is 83.4 Å². The van der Waals surface area contributed by atoms with Crippen molar-refractivity contribution in [3.63, 3.8) is 0 Å². The molecule has 1 aliphatic carbocycles. The Balaban J connectivity index is 2.09. The zero-order chi connectivity index (χ0) is 10.4. The maximum Gasteiger partial charge on any atom is 0.309 e. The van der Waals surface area contributed by atoms with Crippen LogP contribution < -0.4 is 16.4 Å². The summed E-state index contributed by atoms with van der Waals surface area (Å²) in [4.78, 5) is 22.2. The molecule has 1 fully saturated rings. The molecule has 0 aromatic heterocycles. The number of nitrogens with two attached hydrogens (primary N) is 1. The Morgan fingerprint density at radius 1 is 1.21 bits per heavy atom. The first kappa shape index (κ1) is 11.0. The van der Waals surface area contributed by atoms with Crippen LogP contribution >= 0.6 is 0 Å². The van der Waals surface area contributed by atoms with Gasteiger partial charge in [-0.1, -0.05) is 6.42 Å². The summed E-state index contributed by atoms with van der Waals surface area (Å²) in [6, 6.07) is 0. The van der Waals surface area contributed by atoms with Crippen molar-refractivity contribution in [3.05, 3.63) is 0 Å². The third-order valence-electron chi connectivity index (χ3n) is 2.41. The van der Waals surface area contributed by atoms with Gasteiger partial charge in [0.1, 0.15) is 0 Å². The molecule has 2 amide bonds. The van der Waals surface area contributed by atoms with E-state index < -0.39 is 11.8 Å². The molecule has 5 heteroatoms. The number of amides is 2. The second-order valence-corrected chi connectivity index (χ2v) is 3.55. The van der Waals surface area contributed by atoms with Gasteiger partial charge in [-0.3, -0.25) is 9.59 Å². The van der Waals surface area contributed by atoms with Gasteiger partial charge in [-0.2, -0.15) is 0 Å². The highest BCUT2D eigenvalue weighted by Gasteiger charge is 2.19. The summed E-state index contributed by atoms with van der Waals surface area (Å²) < 4.78 is 0. The number of hydrogen-bond acceptors (Lipinski definition) is 3. The minimum absolute atomic E-state index is 0.343. The Kier molecular flexibility index (Phi) is 4.39. The molecule has 1 saturated carbocycles. The van der Waals surface area contributed by atoms with Crippen molar-refractivity contribution >= 4 is 11.8 Å². The van der Waals surface area contributed by atoms with Gasteiger partial charge in [0, 0.05) is 19.6 Å². The van der Waals surface area contributed by atoms with E-state index in [1.807, 2.05) is 0 Å². The van der Waals surface area contributed by atoms with Crippen LogP contribution in [0.1, 0.15) is 19.3 Å². The second-order valence-electron chi connectivity index (χ2n) is 3.55. The summed E-state index contributed by atoms with van der Waals surface area (Å²) in [6.45, 7) is 1.31. The second kappa shape index (κ2) is 5.59. The van der Waals surface area contributed by atoms with Gasteiger partial charge in [0.25, 0.3) is 0 Å². The van der Waals surface area contributed by atoms with E-state index in [0.717, 1.165) is 12.8 Å². The smallest absolute Gasteiger partial charge is 0.309 e. The molecule has 4 N–H and O–H groups in total. The third kappa shape index (κ3) is 3.33. The highest BCUT2D eigenvalue weighted by molar-refractivity contribution is 6.35. The zero-order valence-corrected chi connectivity index (χ0v) is 8.21. The van der Waals surface area contributed by atoms with Crippen molar-refractivity contribution in [1.29, 1.82) is 0 Å². The van der Waals surface area contributed by atoms with Crippen LogP contribution in [0.4, 0.5) is 0 Å². The molecule has 0 aromatic carbocycles. The van der Waals surface area contributed by atoms with Crippen molar-refractivity contribution in [2.75, 3.05) is 19.6 Å². The van der Waals surface area contributed by atoms with E-state index in [2.05, 4.69) is 10.6 Å². The van der Waals surface area contributed by atoms with Crippen molar-refractivity contribution in [2.45, 2.75) is 19.3 Å².